The van der Waals surface area contributed by atoms with E-state index in [4.69, 9.17) is 4.74 Å². The van der Waals surface area contributed by atoms with Gasteiger partial charge in [0, 0.05) is 25.2 Å². The second kappa shape index (κ2) is 7.28. The van der Waals surface area contributed by atoms with Crippen molar-refractivity contribution in [2.75, 3.05) is 18.8 Å². The molecule has 1 aromatic carbocycles. The Labute approximate surface area is 166 Å². The Morgan fingerprint density at radius 2 is 2.14 bits per heavy atom. The Morgan fingerprint density at radius 1 is 1.43 bits per heavy atom. The van der Waals surface area contributed by atoms with Crippen molar-refractivity contribution in [2.24, 2.45) is 5.92 Å². The Kier molecular flexibility index (Phi) is 5.32. The lowest BCUT2D eigenvalue weighted by atomic mass is 10.2. The Balaban J connectivity index is 1.71. The van der Waals surface area contributed by atoms with E-state index in [0.29, 0.717) is 29.7 Å². The molecule has 0 spiro atoms. The van der Waals surface area contributed by atoms with Crippen LogP contribution in [0.15, 0.2) is 22.5 Å². The van der Waals surface area contributed by atoms with Crippen LogP contribution in [0.1, 0.15) is 27.2 Å². The number of non-ortho nitro benzene ring substituents is 1. The van der Waals surface area contributed by atoms with Gasteiger partial charge >= 0.3 is 6.09 Å². The average Bonchev–Trinajstić information content (AvgIpc) is 3.18. The minimum absolute atomic E-state index is 0.0567. The summed E-state index contributed by atoms with van der Waals surface area (Å²) in [4.78, 5) is 28.1. The van der Waals surface area contributed by atoms with Crippen LogP contribution in [0.2, 0.25) is 0 Å². The number of nitrogens with zero attached hydrogens (tertiary/aromatic N) is 3. The normalized spacial score (nSPS) is 17.8. The van der Waals surface area contributed by atoms with E-state index in [1.165, 1.54) is 23.1 Å². The molecule has 1 amide bonds. The van der Waals surface area contributed by atoms with Gasteiger partial charge in [-0.1, -0.05) is 0 Å². The predicted molar refractivity (Wildman–Crippen MR) is 104 cm³/mol. The number of hydrogen-bond acceptors (Lipinski definition) is 8. The molecule has 0 radical (unpaired) electrons. The highest BCUT2D eigenvalue weighted by Crippen LogP contribution is 2.31. The fourth-order valence-corrected chi connectivity index (χ4v) is 5.92. The molecule has 1 aromatic heterocycles. The van der Waals surface area contributed by atoms with Gasteiger partial charge in [0.2, 0.25) is 14.2 Å². The molecule has 2 aromatic rings. The van der Waals surface area contributed by atoms with E-state index in [1.54, 1.807) is 20.8 Å². The molecule has 0 unspecified atom stereocenters. The summed E-state index contributed by atoms with van der Waals surface area (Å²) in [6.45, 7) is 6.09. The van der Waals surface area contributed by atoms with E-state index in [1.807, 2.05) is 0 Å². The molecular formula is C17H21N3O6S2. The number of sulfone groups is 1. The lowest BCUT2D eigenvalue weighted by Crippen LogP contribution is -2.35. The molecule has 1 saturated heterocycles. The van der Waals surface area contributed by atoms with E-state index < -0.39 is 26.5 Å². The van der Waals surface area contributed by atoms with E-state index in [-0.39, 0.29) is 21.7 Å². The Bertz CT molecular complexity index is 1030. The molecule has 3 rings (SSSR count). The van der Waals surface area contributed by atoms with Crippen molar-refractivity contribution in [3.8, 4) is 0 Å². The first-order valence-corrected chi connectivity index (χ1v) is 11.2. The maximum Gasteiger partial charge on any atom is 0.410 e. The van der Waals surface area contributed by atoms with Gasteiger partial charge in [-0.3, -0.25) is 10.1 Å². The van der Waals surface area contributed by atoms with Gasteiger partial charge in [-0.2, -0.15) is 0 Å². The van der Waals surface area contributed by atoms with Gasteiger partial charge in [0.1, 0.15) is 5.60 Å². The van der Waals surface area contributed by atoms with Gasteiger partial charge in [0.05, 0.1) is 20.9 Å². The van der Waals surface area contributed by atoms with Crippen molar-refractivity contribution in [3.05, 3.63) is 28.3 Å². The van der Waals surface area contributed by atoms with Crippen molar-refractivity contribution in [1.29, 1.82) is 0 Å². The lowest BCUT2D eigenvalue weighted by molar-refractivity contribution is -0.384. The van der Waals surface area contributed by atoms with E-state index >= 15 is 0 Å². The molecule has 1 fully saturated rings. The van der Waals surface area contributed by atoms with Gasteiger partial charge in [-0.25, -0.2) is 18.2 Å². The number of thiazole rings is 1. The van der Waals surface area contributed by atoms with Gasteiger partial charge in [-0.15, -0.1) is 11.3 Å². The summed E-state index contributed by atoms with van der Waals surface area (Å²) in [6, 6.07) is 4.10. The summed E-state index contributed by atoms with van der Waals surface area (Å²) in [6.07, 6.45) is 0.120. The van der Waals surface area contributed by atoms with E-state index in [9.17, 15) is 23.3 Å². The van der Waals surface area contributed by atoms with Crippen molar-refractivity contribution >= 4 is 43.2 Å². The lowest BCUT2D eigenvalue weighted by Gasteiger charge is -2.24. The third-order valence-electron chi connectivity index (χ3n) is 4.22. The highest BCUT2D eigenvalue weighted by molar-refractivity contribution is 7.93. The van der Waals surface area contributed by atoms with Crippen molar-refractivity contribution in [1.82, 2.24) is 9.88 Å². The SMILES string of the molecule is CC(C)(C)OC(=O)N1CC[C@H](CS(=O)(=O)c2nc3cc([N+](=O)[O-])ccc3s2)C1. The summed E-state index contributed by atoms with van der Waals surface area (Å²) in [5.74, 6) is -0.340. The number of nitro groups is 1. The molecule has 2 heterocycles. The smallest absolute Gasteiger partial charge is 0.410 e. The largest absolute Gasteiger partial charge is 0.444 e. The summed E-state index contributed by atoms with van der Waals surface area (Å²) in [5, 5.41) is 10.9. The minimum atomic E-state index is -3.66. The van der Waals surface area contributed by atoms with Crippen molar-refractivity contribution in [2.45, 2.75) is 37.1 Å². The zero-order valence-electron chi connectivity index (χ0n) is 15.7. The fraction of sp³-hybridized carbons (Fsp3) is 0.529. The first-order valence-electron chi connectivity index (χ1n) is 8.70. The molecule has 1 aliphatic rings. The zero-order chi connectivity index (χ0) is 20.7. The standard InChI is InChI=1S/C17H21N3O6S2/c1-17(2,3)26-16(21)19-7-6-11(9-19)10-28(24,25)15-18-13-8-12(20(22)23)4-5-14(13)27-15/h4-5,8,11H,6-7,9-10H2,1-3H3/t11-/m0/s1. The summed E-state index contributed by atoms with van der Waals surface area (Å²) < 4.78 is 31.4. The van der Waals surface area contributed by atoms with Crippen LogP contribution in [0, 0.1) is 16.0 Å². The van der Waals surface area contributed by atoms with Gasteiger partial charge in [0.15, 0.2) is 0 Å². The fourth-order valence-electron chi connectivity index (χ4n) is 2.98. The van der Waals surface area contributed by atoms with Crippen LogP contribution in [0.4, 0.5) is 10.5 Å². The van der Waals surface area contributed by atoms with Gasteiger partial charge in [0.25, 0.3) is 5.69 Å². The van der Waals surface area contributed by atoms with Crippen LogP contribution in [0.25, 0.3) is 10.2 Å². The maximum atomic E-state index is 12.8. The quantitative estimate of drug-likeness (QED) is 0.542. The second-order valence-electron chi connectivity index (χ2n) is 7.75. The number of carbonyl (C=O) groups excluding carboxylic acids is 1. The number of carbonyl (C=O) groups is 1. The number of hydrogen-bond donors (Lipinski definition) is 0. The molecule has 1 atom stereocenters. The summed E-state index contributed by atoms with van der Waals surface area (Å²) >= 11 is 0.996. The van der Waals surface area contributed by atoms with Crippen LogP contribution in [0.3, 0.4) is 0 Å². The number of likely N-dealkylation sites (tertiary alicyclic amines) is 1. The number of nitro benzene ring substituents is 1. The molecule has 0 aliphatic carbocycles. The third-order valence-corrected chi connectivity index (χ3v) is 7.60. The van der Waals surface area contributed by atoms with Crippen LogP contribution in [0.5, 0.6) is 0 Å². The molecule has 152 valence electrons. The highest BCUT2D eigenvalue weighted by atomic mass is 32.2. The molecule has 0 saturated carbocycles. The number of amides is 1. The molecule has 0 bridgehead atoms. The van der Waals surface area contributed by atoms with Gasteiger partial charge in [-0.05, 0) is 39.2 Å². The third kappa shape index (κ3) is 4.58. The average molecular weight is 428 g/mol. The zero-order valence-corrected chi connectivity index (χ0v) is 17.4. The molecular weight excluding hydrogens is 406 g/mol. The molecule has 28 heavy (non-hydrogen) atoms. The summed E-state index contributed by atoms with van der Waals surface area (Å²) in [7, 11) is -3.66. The van der Waals surface area contributed by atoms with Crippen molar-refractivity contribution in [3.63, 3.8) is 0 Å². The monoisotopic (exact) mass is 427 g/mol. The summed E-state index contributed by atoms with van der Waals surface area (Å²) in [5.41, 5.74) is -0.449. The Hall–Kier alpha value is -2.27. The van der Waals surface area contributed by atoms with Crippen molar-refractivity contribution < 1.29 is 22.9 Å². The van der Waals surface area contributed by atoms with Crippen LogP contribution in [-0.2, 0) is 14.6 Å². The second-order valence-corrected chi connectivity index (χ2v) is 11.0. The van der Waals surface area contributed by atoms with Gasteiger partial charge < -0.3 is 9.64 Å². The topological polar surface area (TPSA) is 120 Å². The number of fused-ring (bicyclic) bond motifs is 1. The predicted octanol–water partition coefficient (Wildman–Crippen LogP) is 3.24. The number of ether oxygens (including phenoxy) is 1. The van der Waals surface area contributed by atoms with Crippen LogP contribution in [-0.4, -0.2) is 53.8 Å². The molecule has 0 N–H and O–H groups in total. The number of aromatic nitrogens is 1. The first kappa shape index (κ1) is 20.5. The minimum Gasteiger partial charge on any atom is -0.444 e. The molecule has 1 aliphatic heterocycles. The van der Waals surface area contributed by atoms with E-state index in [2.05, 4.69) is 4.98 Å². The van der Waals surface area contributed by atoms with Crippen LogP contribution >= 0.6 is 11.3 Å². The maximum absolute atomic E-state index is 12.8. The van der Waals surface area contributed by atoms with E-state index in [0.717, 1.165) is 11.3 Å². The first-order chi connectivity index (χ1) is 12.9. The molecule has 11 heteroatoms. The number of benzene rings is 1. The molecule has 9 nitrogen and oxygen atoms in total. The highest BCUT2D eigenvalue weighted by Gasteiger charge is 2.33. The van der Waals surface area contributed by atoms with Crippen LogP contribution < -0.4 is 0 Å². The Morgan fingerprint density at radius 3 is 2.79 bits per heavy atom. The number of rotatable bonds is 4.